The lowest BCUT2D eigenvalue weighted by Crippen LogP contribution is -2.52. The third-order valence-electron chi connectivity index (χ3n) is 6.38. The number of nitrogens with two attached hydrogens (primary N) is 1. The van der Waals surface area contributed by atoms with E-state index in [1.165, 1.54) is 40.6 Å². The van der Waals surface area contributed by atoms with E-state index in [-0.39, 0.29) is 36.4 Å². The normalized spacial score (nSPS) is 24.7. The second kappa shape index (κ2) is 13.6. The first-order valence-electron chi connectivity index (χ1n) is 12.7. The molecule has 15 heteroatoms. The fourth-order valence-corrected chi connectivity index (χ4v) is 7.18. The Hall–Kier alpha value is -2.64. The van der Waals surface area contributed by atoms with Crippen LogP contribution in [0, 0.1) is 5.82 Å². The Morgan fingerprint density at radius 3 is 2.76 bits per heavy atom. The Kier molecular flexibility index (Phi) is 10.3. The molecule has 2 aromatic carbocycles. The van der Waals surface area contributed by atoms with Crippen LogP contribution >= 0.6 is 31.1 Å². The zero-order valence-corrected chi connectivity index (χ0v) is 24.7. The fraction of sp³-hybridized carbons (Fsp3) is 0.385. The number of carbonyl (C=O) groups excluding carboxylic acids is 2. The molecule has 0 saturated carbocycles. The van der Waals surface area contributed by atoms with Gasteiger partial charge in [0.25, 0.3) is 0 Å². The topological polar surface area (TPSA) is 144 Å². The van der Waals surface area contributed by atoms with Gasteiger partial charge in [-0.15, -0.1) is 11.8 Å². The van der Waals surface area contributed by atoms with Gasteiger partial charge < -0.3 is 25.0 Å². The minimum Gasteiger partial charge on any atom is -0.460 e. The van der Waals surface area contributed by atoms with E-state index >= 15 is 0 Å². The van der Waals surface area contributed by atoms with Crippen LogP contribution in [0.2, 0.25) is 5.02 Å². The molecule has 2 heterocycles. The molecule has 2 unspecified atom stereocenters. The summed E-state index contributed by atoms with van der Waals surface area (Å²) >= 11 is 7.00. The molecule has 4 N–H and O–H groups in total. The van der Waals surface area contributed by atoms with Crippen LogP contribution in [0.5, 0.6) is 5.75 Å². The van der Waals surface area contributed by atoms with Crippen molar-refractivity contribution < 1.29 is 37.4 Å². The molecule has 0 aliphatic carbocycles. The number of amides is 2. The molecule has 0 aromatic heterocycles. The lowest BCUT2D eigenvalue weighted by molar-refractivity contribution is -0.146. The van der Waals surface area contributed by atoms with E-state index in [2.05, 4.69) is 5.09 Å². The van der Waals surface area contributed by atoms with Gasteiger partial charge in [-0.2, -0.15) is 5.09 Å². The highest BCUT2D eigenvalue weighted by molar-refractivity contribution is 8.00. The molecule has 0 bridgehead atoms. The minimum atomic E-state index is -4.35. The number of urea groups is 1. The summed E-state index contributed by atoms with van der Waals surface area (Å²) in [6.45, 7) is 1.13. The molecule has 11 nitrogen and oxygen atoms in total. The highest BCUT2D eigenvalue weighted by atomic mass is 35.5. The lowest BCUT2D eigenvalue weighted by Gasteiger charge is -2.35. The second-order valence-corrected chi connectivity index (χ2v) is 13.0. The van der Waals surface area contributed by atoms with Crippen LogP contribution in [0.4, 0.5) is 9.18 Å². The van der Waals surface area contributed by atoms with Crippen LogP contribution in [0.25, 0.3) is 0 Å². The van der Waals surface area contributed by atoms with E-state index < -0.39 is 48.5 Å². The molecule has 41 heavy (non-hydrogen) atoms. The number of aliphatic hydroxyl groups excluding tert-OH is 1. The summed E-state index contributed by atoms with van der Waals surface area (Å²) in [5, 5.41) is 12.0. The van der Waals surface area contributed by atoms with Gasteiger partial charge in [0.05, 0.1) is 28.4 Å². The Bertz CT molecular complexity index is 1330. The van der Waals surface area contributed by atoms with E-state index in [1.54, 1.807) is 43.6 Å². The Labute approximate surface area is 246 Å². The number of thioether (sulfide) groups is 1. The van der Waals surface area contributed by atoms with E-state index in [9.17, 15) is 23.7 Å². The molecular weight excluding hydrogens is 598 g/mol. The van der Waals surface area contributed by atoms with Crippen molar-refractivity contribution in [2.24, 2.45) is 5.73 Å². The maximum Gasteiger partial charge on any atom is 0.459 e. The number of halogens is 2. The van der Waals surface area contributed by atoms with Crippen LogP contribution < -0.4 is 15.3 Å². The summed E-state index contributed by atoms with van der Waals surface area (Å²) in [7, 11) is -2.77. The van der Waals surface area contributed by atoms with Gasteiger partial charge in [0.15, 0.2) is 0 Å². The van der Waals surface area contributed by atoms with E-state index in [1.807, 2.05) is 6.07 Å². The number of hydrogen-bond donors (Lipinski definition) is 3. The maximum atomic E-state index is 14.1. The van der Waals surface area contributed by atoms with Gasteiger partial charge in [0.1, 0.15) is 30.4 Å². The summed E-state index contributed by atoms with van der Waals surface area (Å²) in [6.07, 6.45) is 1.99. The van der Waals surface area contributed by atoms with Crippen molar-refractivity contribution in [2.45, 2.75) is 48.9 Å². The van der Waals surface area contributed by atoms with Crippen LogP contribution in [0.1, 0.15) is 18.9 Å². The van der Waals surface area contributed by atoms with Crippen LogP contribution in [0.3, 0.4) is 0 Å². The van der Waals surface area contributed by atoms with Gasteiger partial charge in [-0.1, -0.05) is 41.9 Å². The van der Waals surface area contributed by atoms with Crippen molar-refractivity contribution in [1.82, 2.24) is 14.9 Å². The summed E-state index contributed by atoms with van der Waals surface area (Å²) in [5.74, 6) is -1.69. The molecule has 0 radical (unpaired) electrons. The number of rotatable bonds is 11. The number of benzene rings is 2. The van der Waals surface area contributed by atoms with Crippen molar-refractivity contribution in [3.05, 3.63) is 77.2 Å². The zero-order valence-electron chi connectivity index (χ0n) is 22.3. The van der Waals surface area contributed by atoms with Crippen molar-refractivity contribution in [3.63, 3.8) is 0 Å². The van der Waals surface area contributed by atoms with Crippen molar-refractivity contribution in [1.29, 1.82) is 0 Å². The summed E-state index contributed by atoms with van der Waals surface area (Å²) in [6, 6.07) is 11.0. The Morgan fingerprint density at radius 2 is 2.05 bits per heavy atom. The summed E-state index contributed by atoms with van der Waals surface area (Å²) < 4.78 is 44.4. The molecule has 4 rings (SSSR count). The number of ether oxygens (including phenoxy) is 1. The number of likely N-dealkylation sites (N-methyl/N-ethyl adjacent to an activating group) is 1. The van der Waals surface area contributed by atoms with E-state index in [4.69, 9.17) is 31.1 Å². The first-order chi connectivity index (χ1) is 19.5. The van der Waals surface area contributed by atoms with Gasteiger partial charge in [-0.25, -0.2) is 13.8 Å². The largest absolute Gasteiger partial charge is 0.460 e. The van der Waals surface area contributed by atoms with Crippen LogP contribution in [-0.2, 0) is 25.2 Å². The quantitative estimate of drug-likeness (QED) is 0.246. The van der Waals surface area contributed by atoms with Crippen molar-refractivity contribution in [2.75, 3.05) is 13.7 Å². The maximum absolute atomic E-state index is 14.1. The molecule has 0 spiro atoms. The molecule has 6 atom stereocenters. The van der Waals surface area contributed by atoms with E-state index in [0.717, 1.165) is 11.6 Å². The zero-order chi connectivity index (χ0) is 29.7. The van der Waals surface area contributed by atoms with Gasteiger partial charge in [0.2, 0.25) is 0 Å². The molecule has 2 amide bonds. The average Bonchev–Trinajstić information content (AvgIpc) is 3.31. The lowest BCUT2D eigenvalue weighted by atomic mass is 10.2. The summed E-state index contributed by atoms with van der Waals surface area (Å²) in [5.41, 5.74) is 6.63. The van der Waals surface area contributed by atoms with Crippen molar-refractivity contribution in [3.8, 4) is 5.75 Å². The molecule has 222 valence electrons. The van der Waals surface area contributed by atoms with Gasteiger partial charge in [-0.3, -0.25) is 14.2 Å². The van der Waals surface area contributed by atoms with E-state index in [0.29, 0.717) is 0 Å². The Morgan fingerprint density at radius 1 is 1.32 bits per heavy atom. The third-order valence-corrected chi connectivity index (χ3v) is 9.87. The molecule has 1 fully saturated rings. The first kappa shape index (κ1) is 31.3. The molecule has 1 saturated heterocycles. The molecule has 2 aliphatic heterocycles. The van der Waals surface area contributed by atoms with Crippen molar-refractivity contribution >= 4 is 43.1 Å². The number of nitrogens with zero attached hydrogens (tertiary/aromatic N) is 2. The number of aliphatic hydroxyl groups is 1. The number of carbonyl (C=O) groups is 2. The second-order valence-electron chi connectivity index (χ2n) is 9.47. The Balaban J connectivity index is 1.44. The van der Waals surface area contributed by atoms with Gasteiger partial charge in [-0.05, 0) is 30.7 Å². The smallest absolute Gasteiger partial charge is 0.459 e. The predicted molar refractivity (Wildman–Crippen MR) is 152 cm³/mol. The highest BCUT2D eigenvalue weighted by Crippen LogP contribution is 2.47. The minimum absolute atomic E-state index is 0.00381. The number of esters is 1. The first-order valence-corrected chi connectivity index (χ1v) is 15.5. The summed E-state index contributed by atoms with van der Waals surface area (Å²) in [4.78, 5) is 28.2. The molecular formula is C26H31ClFN4O7PS. The van der Waals surface area contributed by atoms with Gasteiger partial charge >= 0.3 is 19.7 Å². The van der Waals surface area contributed by atoms with Gasteiger partial charge in [0, 0.05) is 25.7 Å². The number of hydrogen-bond acceptors (Lipinski definition) is 9. The molecule has 2 aliphatic rings. The third kappa shape index (κ3) is 8.01. The average molecular weight is 629 g/mol. The molecule has 2 aromatic rings. The predicted octanol–water partition coefficient (Wildman–Crippen LogP) is 4.06. The number of nitrogens with one attached hydrogen (secondary N) is 1. The standard InChI is InChI=1S/C26H31ClFN4O7PS/c1-16(25(34)37-14-17-6-4-3-5-7-17)30-40(36,39-18-8-9-19(27)20(28)12-18)38-15-22-21(33)13-24(41-22)32-11-10-23(29)31(2)26(32)35/h3-12,16,21-24,33H,13-15,29H2,1-2H3,(H,30,36)/t16-,21-,22+,23?,24+,40?/m0/s1. The van der Waals surface area contributed by atoms with Crippen LogP contribution in [-0.4, -0.2) is 69.5 Å². The van der Waals surface area contributed by atoms with Crippen LogP contribution in [0.15, 0.2) is 60.8 Å². The highest BCUT2D eigenvalue weighted by Gasteiger charge is 2.42. The fourth-order valence-electron chi connectivity index (χ4n) is 4.02. The SMILES string of the molecule is C[C@H](NP(=O)(OC[C@H]1S[C@@H](N2C=CC(N)N(C)C2=O)C[C@@H]1O)Oc1ccc(Cl)c(F)c1)C(=O)OCc1ccccc1. The monoisotopic (exact) mass is 628 g/mol.